The van der Waals surface area contributed by atoms with Crippen LogP contribution < -0.4 is 5.32 Å². The molecule has 0 radical (unpaired) electrons. The Morgan fingerprint density at radius 1 is 1.03 bits per heavy atom. The first-order valence-corrected chi connectivity index (χ1v) is 9.33. The van der Waals surface area contributed by atoms with Gasteiger partial charge in [-0.15, -0.1) is 0 Å². The first kappa shape index (κ1) is 17.6. The quantitative estimate of drug-likeness (QED) is 0.470. The van der Waals surface area contributed by atoms with Crippen molar-refractivity contribution in [3.8, 4) is 6.07 Å². The first-order chi connectivity index (χ1) is 14.7. The zero-order chi connectivity index (χ0) is 20.5. The highest BCUT2D eigenvalue weighted by Crippen LogP contribution is 2.27. The van der Waals surface area contributed by atoms with Crippen molar-refractivity contribution in [3.63, 3.8) is 0 Å². The number of fused-ring (bicyclic) bond motifs is 2. The second kappa shape index (κ2) is 7.18. The fourth-order valence-electron chi connectivity index (χ4n) is 3.44. The van der Waals surface area contributed by atoms with Gasteiger partial charge in [-0.2, -0.15) is 5.26 Å². The highest BCUT2D eigenvalue weighted by molar-refractivity contribution is 6.04. The highest BCUT2D eigenvalue weighted by Gasteiger charge is 2.19. The van der Waals surface area contributed by atoms with Crippen molar-refractivity contribution in [3.05, 3.63) is 89.4 Å². The Labute approximate surface area is 171 Å². The first-order valence-electron chi connectivity index (χ1n) is 9.33. The summed E-state index contributed by atoms with van der Waals surface area (Å²) in [6.45, 7) is 0. The van der Waals surface area contributed by atoms with Gasteiger partial charge in [0.25, 0.3) is 5.91 Å². The van der Waals surface area contributed by atoms with E-state index in [1.807, 2.05) is 36.4 Å². The molecule has 3 heterocycles. The number of carbonyl (C=O) groups excluding carboxylic acids is 1. The zero-order valence-electron chi connectivity index (χ0n) is 15.7. The van der Waals surface area contributed by atoms with E-state index in [9.17, 15) is 10.1 Å². The fraction of sp³-hybridized carbons (Fsp3) is 0.0435. The summed E-state index contributed by atoms with van der Waals surface area (Å²) >= 11 is 0. The molecule has 0 aliphatic heterocycles. The molecular formula is C23H15N5O2. The van der Waals surface area contributed by atoms with E-state index in [4.69, 9.17) is 9.40 Å². The maximum absolute atomic E-state index is 12.3. The van der Waals surface area contributed by atoms with E-state index in [1.165, 1.54) is 6.26 Å². The Kier molecular flexibility index (Phi) is 4.23. The van der Waals surface area contributed by atoms with Crippen molar-refractivity contribution in [2.75, 3.05) is 5.32 Å². The molecule has 0 bridgehead atoms. The lowest BCUT2D eigenvalue weighted by molar-refractivity contribution is 0.0996. The number of nitriles is 1. The zero-order valence-corrected chi connectivity index (χ0v) is 15.7. The van der Waals surface area contributed by atoms with Crippen molar-refractivity contribution < 1.29 is 9.21 Å². The minimum Gasteiger partial charge on any atom is -0.459 e. The molecule has 0 saturated heterocycles. The van der Waals surface area contributed by atoms with Crippen LogP contribution in [0.5, 0.6) is 0 Å². The van der Waals surface area contributed by atoms with Crippen LogP contribution in [0.1, 0.15) is 27.2 Å². The van der Waals surface area contributed by atoms with Crippen molar-refractivity contribution in [2.45, 2.75) is 6.42 Å². The van der Waals surface area contributed by atoms with Crippen LogP contribution in [0.25, 0.3) is 22.2 Å². The van der Waals surface area contributed by atoms with Crippen LogP contribution in [-0.2, 0) is 6.42 Å². The fourth-order valence-corrected chi connectivity index (χ4v) is 3.44. The number of amides is 1. The summed E-state index contributed by atoms with van der Waals surface area (Å²) in [6.07, 6.45) is 2.11. The van der Waals surface area contributed by atoms with Gasteiger partial charge in [-0.1, -0.05) is 42.5 Å². The molecule has 0 saturated carbocycles. The van der Waals surface area contributed by atoms with E-state index in [2.05, 4.69) is 33.5 Å². The molecule has 0 aliphatic rings. The van der Waals surface area contributed by atoms with Gasteiger partial charge in [0.1, 0.15) is 23.0 Å². The maximum Gasteiger partial charge on any atom is 0.292 e. The molecule has 7 heteroatoms. The number of hydrogen-bond donors (Lipinski definition) is 2. The Balaban J connectivity index is 1.61. The summed E-state index contributed by atoms with van der Waals surface area (Å²) in [5.74, 6) is -0.0695. The van der Waals surface area contributed by atoms with Gasteiger partial charge in [-0.3, -0.25) is 4.79 Å². The number of carbonyl (C=O) groups is 1. The van der Waals surface area contributed by atoms with E-state index in [0.717, 1.165) is 16.6 Å². The minimum absolute atomic E-state index is 0.147. The Hall–Kier alpha value is -4.44. The number of hydrogen-bond acceptors (Lipinski definition) is 5. The standard InChI is InChI=1S/C23H15N5O2/c24-13-16-20-22(27-21(16)28-23(29)18-10-5-11-30-18)25-17-9-4-8-15(19(17)26-20)12-14-6-2-1-3-7-14/h1-11H,12H2,(H,25,27)(H,28,29). The predicted octanol–water partition coefficient (Wildman–Crippen LogP) is 4.42. The monoisotopic (exact) mass is 393 g/mol. The predicted molar refractivity (Wildman–Crippen MR) is 112 cm³/mol. The molecule has 0 aliphatic carbocycles. The van der Waals surface area contributed by atoms with Crippen LogP contribution in [0.3, 0.4) is 0 Å². The van der Waals surface area contributed by atoms with E-state index >= 15 is 0 Å². The van der Waals surface area contributed by atoms with Crippen LogP contribution in [0, 0.1) is 11.3 Å². The number of benzene rings is 2. The van der Waals surface area contributed by atoms with E-state index < -0.39 is 5.91 Å². The average molecular weight is 393 g/mol. The molecule has 2 N–H and O–H groups in total. The number of aromatic amines is 1. The minimum atomic E-state index is -0.461. The van der Waals surface area contributed by atoms with Gasteiger partial charge in [0.2, 0.25) is 0 Å². The number of H-pyrrole nitrogens is 1. The second-order valence-corrected chi connectivity index (χ2v) is 6.79. The Morgan fingerprint density at radius 2 is 1.90 bits per heavy atom. The number of anilines is 1. The van der Waals surface area contributed by atoms with Crippen molar-refractivity contribution in [2.24, 2.45) is 0 Å². The largest absolute Gasteiger partial charge is 0.459 e. The third-order valence-corrected chi connectivity index (χ3v) is 4.84. The summed E-state index contributed by atoms with van der Waals surface area (Å²) in [7, 11) is 0. The smallest absolute Gasteiger partial charge is 0.292 e. The SMILES string of the molecule is N#Cc1c(NC(=O)c2ccco2)[nH]c2nc3cccc(Cc4ccccc4)c3nc12. The lowest BCUT2D eigenvalue weighted by atomic mass is 10.0. The molecule has 1 amide bonds. The molecule has 5 rings (SSSR count). The average Bonchev–Trinajstić information content (AvgIpc) is 3.41. The van der Waals surface area contributed by atoms with Gasteiger partial charge in [-0.05, 0) is 35.7 Å². The number of aromatic nitrogens is 3. The molecule has 30 heavy (non-hydrogen) atoms. The van der Waals surface area contributed by atoms with Crippen molar-refractivity contribution in [1.82, 2.24) is 15.0 Å². The van der Waals surface area contributed by atoms with Gasteiger partial charge >= 0.3 is 0 Å². The van der Waals surface area contributed by atoms with Crippen molar-refractivity contribution in [1.29, 1.82) is 5.26 Å². The summed E-state index contributed by atoms with van der Waals surface area (Å²) in [6, 6.07) is 21.2. The van der Waals surface area contributed by atoms with Crippen LogP contribution in [0.15, 0.2) is 71.3 Å². The molecule has 144 valence electrons. The highest BCUT2D eigenvalue weighted by atomic mass is 16.3. The molecule has 0 spiro atoms. The van der Waals surface area contributed by atoms with Gasteiger partial charge in [0.05, 0.1) is 17.3 Å². The van der Waals surface area contributed by atoms with Crippen molar-refractivity contribution >= 4 is 33.9 Å². The number of rotatable bonds is 4. The number of furan rings is 1. The summed E-state index contributed by atoms with van der Waals surface area (Å²) < 4.78 is 5.11. The normalized spacial score (nSPS) is 10.9. The summed E-state index contributed by atoms with van der Waals surface area (Å²) in [5, 5.41) is 12.4. The van der Waals surface area contributed by atoms with Crippen LogP contribution >= 0.6 is 0 Å². The van der Waals surface area contributed by atoms with Crippen LogP contribution in [0.4, 0.5) is 5.82 Å². The molecule has 7 nitrogen and oxygen atoms in total. The summed E-state index contributed by atoms with van der Waals surface area (Å²) in [5.41, 5.74) is 4.70. The molecule has 0 unspecified atom stereocenters. The summed E-state index contributed by atoms with van der Waals surface area (Å²) in [4.78, 5) is 24.7. The lowest BCUT2D eigenvalue weighted by Gasteiger charge is -2.06. The molecule has 2 aromatic carbocycles. The van der Waals surface area contributed by atoms with Gasteiger partial charge in [-0.25, -0.2) is 9.97 Å². The number of nitrogens with zero attached hydrogens (tertiary/aromatic N) is 3. The lowest BCUT2D eigenvalue weighted by Crippen LogP contribution is -2.11. The topological polar surface area (TPSA) is 108 Å². The Bertz CT molecular complexity index is 1410. The molecular weight excluding hydrogens is 378 g/mol. The maximum atomic E-state index is 12.3. The van der Waals surface area contributed by atoms with Gasteiger partial charge < -0.3 is 14.7 Å². The molecule has 0 fully saturated rings. The van der Waals surface area contributed by atoms with Crippen LogP contribution in [0.2, 0.25) is 0 Å². The molecule has 0 atom stereocenters. The number of para-hydroxylation sites is 1. The third-order valence-electron chi connectivity index (χ3n) is 4.84. The van der Waals surface area contributed by atoms with Crippen LogP contribution in [-0.4, -0.2) is 20.9 Å². The second-order valence-electron chi connectivity index (χ2n) is 6.79. The number of nitrogens with one attached hydrogen (secondary N) is 2. The van der Waals surface area contributed by atoms with E-state index in [1.54, 1.807) is 12.1 Å². The van der Waals surface area contributed by atoms with Gasteiger partial charge in [0.15, 0.2) is 11.4 Å². The van der Waals surface area contributed by atoms with E-state index in [-0.39, 0.29) is 17.1 Å². The third kappa shape index (κ3) is 3.06. The Morgan fingerprint density at radius 3 is 2.67 bits per heavy atom. The molecule has 3 aromatic heterocycles. The molecule has 5 aromatic rings. The van der Waals surface area contributed by atoms with E-state index in [0.29, 0.717) is 23.1 Å². The van der Waals surface area contributed by atoms with Gasteiger partial charge in [0, 0.05) is 0 Å².